The van der Waals surface area contributed by atoms with Crippen LogP contribution < -0.4 is 4.74 Å². The number of ether oxygens (including phenoxy) is 1. The molecule has 0 saturated heterocycles. The lowest BCUT2D eigenvalue weighted by Gasteiger charge is -2.07. The van der Waals surface area contributed by atoms with Gasteiger partial charge in [0.1, 0.15) is 0 Å². The minimum Gasteiger partial charge on any atom is -0.503 e. The Morgan fingerprint density at radius 3 is 2.71 bits per heavy atom. The van der Waals surface area contributed by atoms with Gasteiger partial charge in [-0.1, -0.05) is 0 Å². The molecule has 1 rings (SSSR count). The predicted molar refractivity (Wildman–Crippen MR) is 53.7 cm³/mol. The van der Waals surface area contributed by atoms with Gasteiger partial charge < -0.3 is 14.9 Å². The summed E-state index contributed by atoms with van der Waals surface area (Å²) in [5.74, 6) is -0.693. The molecule has 0 aromatic heterocycles. The quantitative estimate of drug-likeness (QED) is 0.870. The molecule has 1 aromatic rings. The molecular weight excluding hydrogens is 252 g/mol. The molecule has 4 nitrogen and oxygen atoms in total. The Hall–Kier alpha value is -1.23. The summed E-state index contributed by atoms with van der Waals surface area (Å²) in [6.45, 7) is 0. The van der Waals surface area contributed by atoms with Gasteiger partial charge in [0.2, 0.25) is 0 Å². The molecular formula is C9H9BrO4. The van der Waals surface area contributed by atoms with Crippen LogP contribution in [0.1, 0.15) is 5.56 Å². The number of carboxylic acids is 1. The third-order valence-electron chi connectivity index (χ3n) is 1.66. The number of methoxy groups -OCH3 is 1. The van der Waals surface area contributed by atoms with E-state index in [-0.39, 0.29) is 17.9 Å². The Labute approximate surface area is 89.3 Å². The number of halogens is 1. The Morgan fingerprint density at radius 2 is 2.21 bits per heavy atom. The van der Waals surface area contributed by atoms with Crippen LogP contribution >= 0.6 is 15.9 Å². The van der Waals surface area contributed by atoms with E-state index in [0.29, 0.717) is 10.0 Å². The first-order chi connectivity index (χ1) is 6.54. The number of aliphatic carboxylic acids is 1. The lowest BCUT2D eigenvalue weighted by Crippen LogP contribution is -2.00. The summed E-state index contributed by atoms with van der Waals surface area (Å²) in [4.78, 5) is 10.4. The highest BCUT2D eigenvalue weighted by Gasteiger charge is 2.10. The molecule has 0 unspecified atom stereocenters. The van der Waals surface area contributed by atoms with E-state index in [2.05, 4.69) is 15.9 Å². The highest BCUT2D eigenvalue weighted by molar-refractivity contribution is 9.10. The summed E-state index contributed by atoms with van der Waals surface area (Å²) < 4.78 is 5.30. The maximum atomic E-state index is 10.4. The van der Waals surface area contributed by atoms with Gasteiger partial charge in [0.05, 0.1) is 18.0 Å². The molecule has 0 aliphatic heterocycles. The van der Waals surface area contributed by atoms with Crippen molar-refractivity contribution in [2.75, 3.05) is 7.11 Å². The zero-order valence-corrected chi connectivity index (χ0v) is 9.04. The molecule has 0 amide bonds. The zero-order valence-electron chi connectivity index (χ0n) is 7.45. The normalized spacial score (nSPS) is 9.86. The fourth-order valence-corrected chi connectivity index (χ4v) is 1.55. The summed E-state index contributed by atoms with van der Waals surface area (Å²) >= 11 is 3.10. The van der Waals surface area contributed by atoms with Crippen LogP contribution in [0.5, 0.6) is 11.5 Å². The van der Waals surface area contributed by atoms with Gasteiger partial charge in [-0.15, -0.1) is 0 Å². The van der Waals surface area contributed by atoms with Gasteiger partial charge >= 0.3 is 5.97 Å². The molecule has 0 saturated carbocycles. The topological polar surface area (TPSA) is 66.8 Å². The highest BCUT2D eigenvalue weighted by Crippen LogP contribution is 2.35. The minimum atomic E-state index is -0.926. The molecule has 0 heterocycles. The van der Waals surface area contributed by atoms with E-state index in [1.165, 1.54) is 13.2 Å². The third kappa shape index (κ3) is 2.38. The molecule has 5 heteroatoms. The van der Waals surface area contributed by atoms with Crippen LogP contribution in [0.4, 0.5) is 0 Å². The van der Waals surface area contributed by atoms with Crippen molar-refractivity contribution in [2.45, 2.75) is 6.42 Å². The van der Waals surface area contributed by atoms with Gasteiger partial charge in [-0.05, 0) is 33.6 Å². The second kappa shape index (κ2) is 4.32. The number of carboxylic acid groups (broad SMARTS) is 1. The first-order valence-corrected chi connectivity index (χ1v) is 4.61. The van der Waals surface area contributed by atoms with E-state index in [0.717, 1.165) is 0 Å². The van der Waals surface area contributed by atoms with Crippen LogP contribution in [0.2, 0.25) is 0 Å². The molecule has 0 spiro atoms. The summed E-state index contributed by atoms with van der Waals surface area (Å²) in [6, 6.07) is 3.04. The van der Waals surface area contributed by atoms with Gasteiger partial charge in [-0.3, -0.25) is 4.79 Å². The van der Waals surface area contributed by atoms with Crippen molar-refractivity contribution in [3.63, 3.8) is 0 Å². The van der Waals surface area contributed by atoms with E-state index in [1.807, 2.05) is 0 Å². The number of aromatic hydroxyl groups is 1. The first kappa shape index (κ1) is 10.8. The molecule has 0 radical (unpaired) electrons. The molecule has 0 bridgehead atoms. The fourth-order valence-electron chi connectivity index (χ4n) is 1.06. The number of phenols is 1. The van der Waals surface area contributed by atoms with Crippen molar-refractivity contribution in [3.05, 3.63) is 22.2 Å². The van der Waals surface area contributed by atoms with Crippen LogP contribution in [0.3, 0.4) is 0 Å². The number of benzene rings is 1. The zero-order chi connectivity index (χ0) is 10.7. The highest BCUT2D eigenvalue weighted by atomic mass is 79.9. The van der Waals surface area contributed by atoms with Crippen LogP contribution in [-0.4, -0.2) is 23.3 Å². The first-order valence-electron chi connectivity index (χ1n) is 3.81. The predicted octanol–water partition coefficient (Wildman–Crippen LogP) is 1.79. The smallest absolute Gasteiger partial charge is 0.307 e. The van der Waals surface area contributed by atoms with Gasteiger partial charge in [0, 0.05) is 0 Å². The fraction of sp³-hybridized carbons (Fsp3) is 0.222. The monoisotopic (exact) mass is 260 g/mol. The molecule has 0 fully saturated rings. The number of rotatable bonds is 3. The number of carbonyl (C=O) groups is 1. The van der Waals surface area contributed by atoms with Crippen molar-refractivity contribution >= 4 is 21.9 Å². The Balaban J connectivity index is 3.09. The third-order valence-corrected chi connectivity index (χ3v) is 2.27. The average molecular weight is 261 g/mol. The molecule has 0 aliphatic carbocycles. The number of hydrogen-bond acceptors (Lipinski definition) is 3. The van der Waals surface area contributed by atoms with E-state index in [4.69, 9.17) is 9.84 Å². The lowest BCUT2D eigenvalue weighted by atomic mass is 10.1. The van der Waals surface area contributed by atoms with Gasteiger partial charge in [0.25, 0.3) is 0 Å². The van der Waals surface area contributed by atoms with E-state index >= 15 is 0 Å². The Morgan fingerprint density at radius 1 is 1.57 bits per heavy atom. The van der Waals surface area contributed by atoms with E-state index in [9.17, 15) is 9.90 Å². The number of phenolic OH excluding ortho intramolecular Hbond substituents is 1. The van der Waals surface area contributed by atoms with Crippen molar-refractivity contribution < 1.29 is 19.7 Å². The molecule has 1 aromatic carbocycles. The van der Waals surface area contributed by atoms with Crippen LogP contribution in [0.15, 0.2) is 16.6 Å². The van der Waals surface area contributed by atoms with E-state index in [1.54, 1.807) is 6.07 Å². The van der Waals surface area contributed by atoms with E-state index < -0.39 is 5.97 Å². The second-order valence-corrected chi connectivity index (χ2v) is 3.55. The second-order valence-electron chi connectivity index (χ2n) is 2.70. The maximum absolute atomic E-state index is 10.4. The van der Waals surface area contributed by atoms with Crippen LogP contribution in [0, 0.1) is 0 Å². The Kier molecular flexibility index (Phi) is 3.35. The van der Waals surface area contributed by atoms with Crippen LogP contribution in [0.25, 0.3) is 0 Å². The Bertz CT molecular complexity index is 362. The van der Waals surface area contributed by atoms with Crippen molar-refractivity contribution in [3.8, 4) is 11.5 Å². The molecule has 0 atom stereocenters. The standard InChI is InChI=1S/C9H9BrO4/c1-14-7-3-5(4-8(11)12)2-6(10)9(7)13/h2-3,13H,4H2,1H3,(H,11,12). The molecule has 76 valence electrons. The average Bonchev–Trinajstić information content (AvgIpc) is 2.10. The maximum Gasteiger partial charge on any atom is 0.307 e. The van der Waals surface area contributed by atoms with Crippen molar-refractivity contribution in [1.82, 2.24) is 0 Å². The summed E-state index contributed by atoms with van der Waals surface area (Å²) in [5.41, 5.74) is 0.569. The van der Waals surface area contributed by atoms with Gasteiger partial charge in [-0.25, -0.2) is 0 Å². The molecule has 14 heavy (non-hydrogen) atoms. The summed E-state index contributed by atoms with van der Waals surface area (Å²) in [5, 5.41) is 18.0. The minimum absolute atomic E-state index is 0.0263. The summed E-state index contributed by atoms with van der Waals surface area (Å²) in [7, 11) is 1.41. The van der Waals surface area contributed by atoms with Gasteiger partial charge in [-0.2, -0.15) is 0 Å². The number of hydrogen-bond donors (Lipinski definition) is 2. The summed E-state index contributed by atoms with van der Waals surface area (Å²) in [6.07, 6.45) is -0.102. The van der Waals surface area contributed by atoms with Gasteiger partial charge in [0.15, 0.2) is 11.5 Å². The van der Waals surface area contributed by atoms with Crippen molar-refractivity contribution in [1.29, 1.82) is 0 Å². The largest absolute Gasteiger partial charge is 0.503 e. The van der Waals surface area contributed by atoms with Crippen molar-refractivity contribution in [2.24, 2.45) is 0 Å². The molecule has 2 N–H and O–H groups in total. The lowest BCUT2D eigenvalue weighted by molar-refractivity contribution is -0.136. The SMILES string of the molecule is COc1cc(CC(=O)O)cc(Br)c1O. The van der Waals surface area contributed by atoms with Crippen LogP contribution in [-0.2, 0) is 11.2 Å². The molecule has 0 aliphatic rings.